The molecule has 200 valence electrons. The molecule has 0 spiro atoms. The average Bonchev–Trinajstić information content (AvgIpc) is 2.81. The lowest BCUT2D eigenvalue weighted by Crippen LogP contribution is -2.36. The van der Waals surface area contributed by atoms with Crippen LogP contribution in [0.4, 0.5) is 5.69 Å². The molecule has 3 rings (SSSR count). The van der Waals surface area contributed by atoms with E-state index in [2.05, 4.69) is 48.9 Å². The summed E-state index contributed by atoms with van der Waals surface area (Å²) < 4.78 is 23.4. The molecule has 1 aromatic carbocycles. The van der Waals surface area contributed by atoms with Gasteiger partial charge in [0.1, 0.15) is 5.75 Å². The Labute approximate surface area is 217 Å². The van der Waals surface area contributed by atoms with Gasteiger partial charge >= 0.3 is 0 Å². The normalized spacial score (nSPS) is 17.5. The number of ether oxygens (including phenoxy) is 2. The Morgan fingerprint density at radius 2 is 1.92 bits per heavy atom. The molecule has 1 saturated heterocycles. The highest BCUT2D eigenvalue weighted by Gasteiger charge is 2.23. The van der Waals surface area contributed by atoms with Gasteiger partial charge in [0.25, 0.3) is 0 Å². The predicted molar refractivity (Wildman–Crippen MR) is 149 cm³/mol. The molecule has 0 saturated carbocycles. The number of hydrogen-bond acceptors (Lipinski definition) is 5. The van der Waals surface area contributed by atoms with E-state index in [0.29, 0.717) is 23.8 Å². The molecule has 36 heavy (non-hydrogen) atoms. The van der Waals surface area contributed by atoms with E-state index in [9.17, 15) is 9.46 Å². The average molecular weight is 517 g/mol. The van der Waals surface area contributed by atoms with Crippen molar-refractivity contribution in [3.63, 3.8) is 0 Å². The number of rotatable bonds is 11. The summed E-state index contributed by atoms with van der Waals surface area (Å²) in [5.41, 5.74) is 4.06. The van der Waals surface area contributed by atoms with Crippen molar-refractivity contribution in [2.45, 2.75) is 65.7 Å². The summed E-state index contributed by atoms with van der Waals surface area (Å²) >= 11 is 0. The standard InChI is InChI=1S/C29H45N2O4P/c1-22(21-36(6,32)33)25-11-15-30-28(18-25)35-20-23-12-16-31(17-13-23)27-19-26(34-5)10-9-24(27)8-7-14-29(2,3)4/h9-11,15,18-19,22-23H,7-8,12-14,16-17,20-21H2,1-6H3,(H,32,33)/t22-/m1/s1. The molecule has 0 bridgehead atoms. The molecule has 1 aliphatic rings. The number of hydrogen-bond donors (Lipinski definition) is 1. The summed E-state index contributed by atoms with van der Waals surface area (Å²) in [4.78, 5) is 16.6. The molecule has 0 amide bonds. The van der Waals surface area contributed by atoms with Gasteiger partial charge in [-0.05, 0) is 72.6 Å². The molecule has 2 heterocycles. The Hall–Kier alpha value is -2.04. The van der Waals surface area contributed by atoms with Gasteiger partial charge in [0.05, 0.1) is 13.7 Å². The second-order valence-electron chi connectivity index (χ2n) is 11.7. The molecular weight excluding hydrogens is 471 g/mol. The molecule has 2 aromatic rings. The third-order valence-electron chi connectivity index (χ3n) is 7.03. The van der Waals surface area contributed by atoms with Gasteiger partial charge in [0.15, 0.2) is 7.37 Å². The maximum Gasteiger partial charge on any atom is 0.213 e. The molecule has 1 aromatic heterocycles. The first-order valence-electron chi connectivity index (χ1n) is 13.2. The predicted octanol–water partition coefficient (Wildman–Crippen LogP) is 6.76. The minimum Gasteiger partial charge on any atom is -0.497 e. The van der Waals surface area contributed by atoms with Gasteiger partial charge in [-0.3, -0.25) is 4.57 Å². The Morgan fingerprint density at radius 1 is 1.19 bits per heavy atom. The Kier molecular flexibility index (Phi) is 9.88. The second-order valence-corrected chi connectivity index (χ2v) is 14.2. The third kappa shape index (κ3) is 9.12. The van der Waals surface area contributed by atoms with Crippen LogP contribution < -0.4 is 14.4 Å². The van der Waals surface area contributed by atoms with Crippen LogP contribution in [0, 0.1) is 11.3 Å². The van der Waals surface area contributed by atoms with Crippen LogP contribution in [-0.4, -0.2) is 49.5 Å². The van der Waals surface area contributed by atoms with E-state index >= 15 is 0 Å². The molecule has 1 aliphatic heterocycles. The van der Waals surface area contributed by atoms with Crippen molar-refractivity contribution in [2.75, 3.05) is 44.5 Å². The van der Waals surface area contributed by atoms with E-state index in [0.717, 1.165) is 43.7 Å². The molecule has 1 fully saturated rings. The third-order valence-corrected chi connectivity index (χ3v) is 8.25. The van der Waals surface area contributed by atoms with Crippen LogP contribution in [0.15, 0.2) is 36.5 Å². The topological polar surface area (TPSA) is 71.9 Å². The van der Waals surface area contributed by atoms with Crippen LogP contribution in [0.1, 0.15) is 70.4 Å². The zero-order valence-corrected chi connectivity index (χ0v) is 23.9. The van der Waals surface area contributed by atoms with Gasteiger partial charge < -0.3 is 19.3 Å². The Balaban J connectivity index is 1.56. The highest BCUT2D eigenvalue weighted by Crippen LogP contribution is 2.40. The molecular formula is C29H45N2O4P. The number of aromatic nitrogens is 1. The summed E-state index contributed by atoms with van der Waals surface area (Å²) in [5.74, 6) is 1.97. The lowest BCUT2D eigenvalue weighted by Gasteiger charge is -2.35. The summed E-state index contributed by atoms with van der Waals surface area (Å²) in [5, 5.41) is 0. The lowest BCUT2D eigenvalue weighted by molar-refractivity contribution is 0.216. The fourth-order valence-electron chi connectivity index (χ4n) is 4.95. The van der Waals surface area contributed by atoms with Crippen LogP contribution in [0.25, 0.3) is 0 Å². The number of benzene rings is 1. The first kappa shape index (κ1) is 28.5. The first-order chi connectivity index (χ1) is 16.9. The fourth-order valence-corrected chi connectivity index (χ4v) is 6.18. The fraction of sp³-hybridized carbons (Fsp3) is 0.621. The van der Waals surface area contributed by atoms with E-state index in [1.165, 1.54) is 30.8 Å². The number of methoxy groups -OCH3 is 1. The molecule has 0 radical (unpaired) electrons. The molecule has 6 nitrogen and oxygen atoms in total. The minimum absolute atomic E-state index is 0.0140. The van der Waals surface area contributed by atoms with Crippen molar-refractivity contribution >= 4 is 13.1 Å². The maximum absolute atomic E-state index is 11.8. The van der Waals surface area contributed by atoms with Gasteiger partial charge in [0.2, 0.25) is 5.88 Å². The smallest absolute Gasteiger partial charge is 0.213 e. The van der Waals surface area contributed by atoms with E-state index < -0.39 is 7.37 Å². The second kappa shape index (κ2) is 12.5. The number of anilines is 1. The maximum atomic E-state index is 11.8. The number of aryl methyl sites for hydroxylation is 1. The van der Waals surface area contributed by atoms with Crippen molar-refractivity contribution < 1.29 is 18.9 Å². The molecule has 1 N–H and O–H groups in total. The van der Waals surface area contributed by atoms with Gasteiger partial charge in [-0.25, -0.2) is 4.98 Å². The summed E-state index contributed by atoms with van der Waals surface area (Å²) in [6, 6.07) is 10.3. The van der Waals surface area contributed by atoms with Gasteiger partial charge in [-0.2, -0.15) is 0 Å². The van der Waals surface area contributed by atoms with Crippen LogP contribution in [0.3, 0.4) is 0 Å². The van der Waals surface area contributed by atoms with Crippen molar-refractivity contribution in [2.24, 2.45) is 11.3 Å². The lowest BCUT2D eigenvalue weighted by atomic mass is 9.88. The number of piperidine rings is 1. The molecule has 2 atom stereocenters. The van der Waals surface area contributed by atoms with Crippen LogP contribution in [0.5, 0.6) is 11.6 Å². The van der Waals surface area contributed by atoms with Gasteiger partial charge in [0, 0.05) is 49.9 Å². The van der Waals surface area contributed by atoms with Crippen LogP contribution in [0.2, 0.25) is 0 Å². The van der Waals surface area contributed by atoms with Crippen LogP contribution in [-0.2, 0) is 11.0 Å². The SMILES string of the molecule is COc1ccc(CCCC(C)(C)C)c(N2CCC(COc3cc([C@H](C)CP(C)(=O)O)ccn3)CC2)c1. The van der Waals surface area contributed by atoms with E-state index in [-0.39, 0.29) is 12.1 Å². The van der Waals surface area contributed by atoms with Crippen LogP contribution >= 0.6 is 7.37 Å². The van der Waals surface area contributed by atoms with Crippen molar-refractivity contribution in [3.8, 4) is 11.6 Å². The highest BCUT2D eigenvalue weighted by atomic mass is 31.2. The van der Waals surface area contributed by atoms with Crippen molar-refractivity contribution in [1.82, 2.24) is 4.98 Å². The summed E-state index contributed by atoms with van der Waals surface area (Å²) in [7, 11) is -1.34. The zero-order valence-electron chi connectivity index (χ0n) is 23.0. The van der Waals surface area contributed by atoms with E-state index in [4.69, 9.17) is 9.47 Å². The zero-order chi connectivity index (χ0) is 26.3. The quantitative estimate of drug-likeness (QED) is 0.333. The van der Waals surface area contributed by atoms with E-state index in [1.54, 1.807) is 13.3 Å². The Bertz CT molecular complexity index is 1020. The minimum atomic E-state index is -3.07. The summed E-state index contributed by atoms with van der Waals surface area (Å²) in [6.45, 7) is 12.9. The highest BCUT2D eigenvalue weighted by molar-refractivity contribution is 7.57. The molecule has 7 heteroatoms. The van der Waals surface area contributed by atoms with Crippen molar-refractivity contribution in [3.05, 3.63) is 47.7 Å². The molecule has 0 aliphatic carbocycles. The first-order valence-corrected chi connectivity index (χ1v) is 15.5. The molecule has 1 unspecified atom stereocenters. The van der Waals surface area contributed by atoms with E-state index in [1.807, 2.05) is 19.1 Å². The monoisotopic (exact) mass is 516 g/mol. The summed E-state index contributed by atoms with van der Waals surface area (Å²) in [6.07, 6.45) is 7.61. The van der Waals surface area contributed by atoms with Gasteiger partial charge in [-0.15, -0.1) is 0 Å². The Morgan fingerprint density at radius 3 is 2.56 bits per heavy atom. The van der Waals surface area contributed by atoms with Gasteiger partial charge in [-0.1, -0.05) is 33.8 Å². The number of nitrogens with zero attached hydrogens (tertiary/aromatic N) is 2. The number of pyridine rings is 1. The largest absolute Gasteiger partial charge is 0.497 e. The van der Waals surface area contributed by atoms with Crippen molar-refractivity contribution in [1.29, 1.82) is 0 Å².